The Morgan fingerprint density at radius 2 is 1.97 bits per heavy atom. The molecule has 3 aliphatic rings. The summed E-state index contributed by atoms with van der Waals surface area (Å²) in [7, 11) is 0. The first kappa shape index (κ1) is 25.8. The molecule has 1 aromatic rings. The number of nitrogens with one attached hydrogen (secondary N) is 2. The van der Waals surface area contributed by atoms with Crippen LogP contribution in [0.1, 0.15) is 39.0 Å². The number of thioether (sulfide) groups is 1. The van der Waals surface area contributed by atoms with Crippen LogP contribution in [0.5, 0.6) is 0 Å². The molecule has 3 unspecified atom stereocenters. The van der Waals surface area contributed by atoms with Gasteiger partial charge in [0.05, 0.1) is 16.6 Å². The number of rotatable bonds is 10. The Balaban J connectivity index is 1.65. The number of carbonyl (C=O) groups excluding carboxylic acids is 3. The van der Waals surface area contributed by atoms with Crippen molar-refractivity contribution in [3.05, 3.63) is 29.3 Å². The standard InChI is InChI=1S/C24H31BrClN3O4S/c1-2-10-27-21(31)17-18-23(33)29(11-4-3-5-12-30)20(24(18)13-16(25)19(17)34-24)22(32)28-15-8-6-14(26)7-9-15/h6-9,16-20,30H,2-5,10-13H2,1H3,(H,27,31)(H,28,32)/t16?,17-,18-,19-,20?,24?/m0/s1. The zero-order valence-corrected chi connectivity index (χ0v) is 22.3. The molecular formula is C24H31BrClN3O4S. The summed E-state index contributed by atoms with van der Waals surface area (Å²) in [6.07, 6.45) is 3.59. The van der Waals surface area contributed by atoms with Crippen molar-refractivity contribution in [2.24, 2.45) is 11.8 Å². The zero-order chi connectivity index (χ0) is 24.5. The molecule has 3 amide bonds. The van der Waals surface area contributed by atoms with Gasteiger partial charge in [0.25, 0.3) is 0 Å². The topological polar surface area (TPSA) is 98.7 Å². The molecule has 10 heteroatoms. The van der Waals surface area contributed by atoms with Gasteiger partial charge in [-0.3, -0.25) is 14.4 Å². The number of carbonyl (C=O) groups is 3. The van der Waals surface area contributed by atoms with E-state index in [0.717, 1.165) is 12.8 Å². The molecule has 3 N–H and O–H groups in total. The summed E-state index contributed by atoms with van der Waals surface area (Å²) in [6.45, 7) is 3.09. The molecule has 0 aliphatic carbocycles. The normalized spacial score (nSPS) is 31.6. The van der Waals surface area contributed by atoms with Gasteiger partial charge in [-0.15, -0.1) is 11.8 Å². The number of halogens is 2. The maximum atomic E-state index is 13.8. The van der Waals surface area contributed by atoms with E-state index in [1.807, 2.05) is 6.92 Å². The molecule has 3 saturated heterocycles. The molecule has 6 atom stereocenters. The summed E-state index contributed by atoms with van der Waals surface area (Å²) in [5, 5.41) is 15.6. The second-order valence-electron chi connectivity index (χ2n) is 9.27. The van der Waals surface area contributed by atoms with Gasteiger partial charge in [0.15, 0.2) is 0 Å². The molecule has 7 nitrogen and oxygen atoms in total. The van der Waals surface area contributed by atoms with Gasteiger partial charge in [0, 0.05) is 40.5 Å². The highest BCUT2D eigenvalue weighted by Crippen LogP contribution is 2.67. The monoisotopic (exact) mass is 571 g/mol. The summed E-state index contributed by atoms with van der Waals surface area (Å²) >= 11 is 11.4. The predicted octanol–water partition coefficient (Wildman–Crippen LogP) is 3.43. The summed E-state index contributed by atoms with van der Waals surface area (Å²) in [5.74, 6) is -1.42. The van der Waals surface area contributed by atoms with Gasteiger partial charge in [0.1, 0.15) is 6.04 Å². The molecular weight excluding hydrogens is 542 g/mol. The van der Waals surface area contributed by atoms with Gasteiger partial charge >= 0.3 is 0 Å². The van der Waals surface area contributed by atoms with Gasteiger partial charge in [-0.1, -0.05) is 34.5 Å². The minimum Gasteiger partial charge on any atom is -0.396 e. The second-order valence-corrected chi connectivity index (χ2v) is 12.4. The molecule has 0 aromatic heterocycles. The van der Waals surface area contributed by atoms with E-state index in [0.29, 0.717) is 43.1 Å². The third-order valence-electron chi connectivity index (χ3n) is 7.06. The van der Waals surface area contributed by atoms with Crippen LogP contribution >= 0.6 is 39.3 Å². The molecule has 4 rings (SSSR count). The Labute approximate surface area is 217 Å². The van der Waals surface area contributed by atoms with E-state index in [9.17, 15) is 14.4 Å². The Morgan fingerprint density at radius 3 is 2.65 bits per heavy atom. The molecule has 1 spiro atoms. The van der Waals surface area contributed by atoms with Crippen LogP contribution in [0.2, 0.25) is 5.02 Å². The molecule has 3 aliphatic heterocycles. The Hall–Kier alpha value is -1.29. The van der Waals surface area contributed by atoms with Gasteiger partial charge in [-0.2, -0.15) is 0 Å². The van der Waals surface area contributed by atoms with Crippen LogP contribution in [0.15, 0.2) is 24.3 Å². The Morgan fingerprint density at radius 1 is 1.24 bits per heavy atom. The summed E-state index contributed by atoms with van der Waals surface area (Å²) < 4.78 is -0.655. The maximum Gasteiger partial charge on any atom is 0.248 e. The van der Waals surface area contributed by atoms with Gasteiger partial charge in [0.2, 0.25) is 17.7 Å². The van der Waals surface area contributed by atoms with E-state index in [1.165, 1.54) is 0 Å². The van der Waals surface area contributed by atoms with Crippen molar-refractivity contribution in [1.29, 1.82) is 0 Å². The fourth-order valence-electron chi connectivity index (χ4n) is 5.65. The number of amides is 3. The molecule has 0 radical (unpaired) electrons. The van der Waals surface area contributed by atoms with E-state index >= 15 is 0 Å². The minimum absolute atomic E-state index is 0.0480. The van der Waals surface area contributed by atoms with Crippen LogP contribution in [0.25, 0.3) is 0 Å². The number of alkyl halides is 1. The molecule has 3 heterocycles. The van der Waals surface area contributed by atoms with Crippen LogP contribution in [0.3, 0.4) is 0 Å². The first-order valence-corrected chi connectivity index (χ1v) is 14.1. The molecule has 186 valence electrons. The lowest BCUT2D eigenvalue weighted by Gasteiger charge is -2.35. The minimum atomic E-state index is -0.672. The number of nitrogens with zero attached hydrogens (tertiary/aromatic N) is 1. The molecule has 3 fully saturated rings. The first-order chi connectivity index (χ1) is 16.3. The first-order valence-electron chi connectivity index (χ1n) is 11.9. The lowest BCUT2D eigenvalue weighted by atomic mass is 9.70. The second kappa shape index (κ2) is 10.8. The zero-order valence-electron chi connectivity index (χ0n) is 19.1. The number of benzene rings is 1. The lowest BCUT2D eigenvalue weighted by Crippen LogP contribution is -2.53. The van der Waals surface area contributed by atoms with Gasteiger partial charge in [-0.25, -0.2) is 0 Å². The quantitative estimate of drug-likeness (QED) is 0.295. The number of fused-ring (bicyclic) bond motifs is 1. The van der Waals surface area contributed by atoms with Crippen molar-refractivity contribution >= 4 is 62.7 Å². The highest BCUT2D eigenvalue weighted by Gasteiger charge is 2.75. The van der Waals surface area contributed by atoms with Crippen molar-refractivity contribution in [1.82, 2.24) is 10.2 Å². The van der Waals surface area contributed by atoms with Crippen molar-refractivity contribution in [2.75, 3.05) is 25.0 Å². The summed E-state index contributed by atoms with van der Waals surface area (Å²) in [5.41, 5.74) is 0.618. The average Bonchev–Trinajstić information content (AvgIpc) is 3.40. The van der Waals surface area contributed by atoms with E-state index in [-0.39, 0.29) is 34.4 Å². The van der Waals surface area contributed by atoms with Crippen LogP contribution in [-0.2, 0) is 14.4 Å². The van der Waals surface area contributed by atoms with Gasteiger partial charge < -0.3 is 20.6 Å². The Kier molecular flexibility index (Phi) is 8.17. The van der Waals surface area contributed by atoms with Crippen molar-refractivity contribution in [3.8, 4) is 0 Å². The lowest BCUT2D eigenvalue weighted by molar-refractivity contribution is -0.139. The number of hydrogen-bond donors (Lipinski definition) is 3. The average molecular weight is 573 g/mol. The van der Waals surface area contributed by atoms with Crippen molar-refractivity contribution < 1.29 is 19.5 Å². The van der Waals surface area contributed by atoms with E-state index in [1.54, 1.807) is 40.9 Å². The Bertz CT molecular complexity index is 935. The maximum absolute atomic E-state index is 13.8. The number of likely N-dealkylation sites (tertiary alicyclic amines) is 1. The fraction of sp³-hybridized carbons (Fsp3) is 0.625. The van der Waals surface area contributed by atoms with Crippen LogP contribution in [-0.4, -0.2) is 68.3 Å². The molecule has 34 heavy (non-hydrogen) atoms. The predicted molar refractivity (Wildman–Crippen MR) is 138 cm³/mol. The van der Waals surface area contributed by atoms with Gasteiger partial charge in [-0.05, 0) is 56.4 Å². The van der Waals surface area contributed by atoms with E-state index in [2.05, 4.69) is 26.6 Å². The van der Waals surface area contributed by atoms with E-state index in [4.69, 9.17) is 16.7 Å². The number of hydrogen-bond acceptors (Lipinski definition) is 5. The third-order valence-corrected chi connectivity index (χ3v) is 10.5. The number of aliphatic hydroxyl groups excluding tert-OH is 1. The fourth-order valence-corrected chi connectivity index (χ4v) is 9.39. The molecule has 0 saturated carbocycles. The SMILES string of the molecule is CCCNC(=O)[C@H]1[C@H]2C(=O)N(CCCCCO)C(C(=O)Nc3ccc(Cl)cc3)C23CC(Br)[C@@H]1S3. The number of anilines is 1. The van der Waals surface area contributed by atoms with Crippen molar-refractivity contribution in [3.63, 3.8) is 0 Å². The van der Waals surface area contributed by atoms with E-state index < -0.39 is 22.6 Å². The number of aliphatic hydroxyl groups is 1. The smallest absolute Gasteiger partial charge is 0.248 e. The van der Waals surface area contributed by atoms with Crippen LogP contribution in [0, 0.1) is 11.8 Å². The summed E-state index contributed by atoms with van der Waals surface area (Å²) in [4.78, 5) is 42.5. The molecule has 2 bridgehead atoms. The number of unbranched alkanes of at least 4 members (excludes halogenated alkanes) is 2. The molecule has 1 aromatic carbocycles. The van der Waals surface area contributed by atoms with Crippen LogP contribution < -0.4 is 10.6 Å². The van der Waals surface area contributed by atoms with Crippen molar-refractivity contribution in [2.45, 2.75) is 59.9 Å². The highest BCUT2D eigenvalue weighted by atomic mass is 79.9. The highest BCUT2D eigenvalue weighted by molar-refractivity contribution is 9.09. The third kappa shape index (κ3) is 4.61. The summed E-state index contributed by atoms with van der Waals surface area (Å²) in [6, 6.07) is 6.23. The largest absolute Gasteiger partial charge is 0.396 e. The van der Waals surface area contributed by atoms with Crippen LogP contribution in [0.4, 0.5) is 5.69 Å².